The van der Waals surface area contributed by atoms with Gasteiger partial charge in [0, 0.05) is 6.92 Å². The molecule has 1 unspecified atom stereocenters. The summed E-state index contributed by atoms with van der Waals surface area (Å²) in [7, 11) is 0. The number of carbonyl (C=O) groups excluding carboxylic acids is 1. The monoisotopic (exact) mass is 251 g/mol. The molecule has 0 fully saturated rings. The Kier molecular flexibility index (Phi) is 5.17. The number of hydrogen-bond donors (Lipinski definition) is 2. The van der Waals surface area contributed by atoms with E-state index in [4.69, 9.17) is 9.84 Å². The van der Waals surface area contributed by atoms with Crippen LogP contribution < -0.4 is 10.1 Å². The molecule has 0 bridgehead atoms. The zero-order valence-corrected chi connectivity index (χ0v) is 10.5. The van der Waals surface area contributed by atoms with Crippen LogP contribution in [0.5, 0.6) is 5.75 Å². The second-order valence-corrected chi connectivity index (χ2v) is 3.90. The number of nitrogens with one attached hydrogen (secondary N) is 1. The predicted molar refractivity (Wildman–Crippen MR) is 66.6 cm³/mol. The fraction of sp³-hybridized carbons (Fsp3) is 0.385. The van der Waals surface area contributed by atoms with Crippen molar-refractivity contribution in [2.75, 3.05) is 6.61 Å². The molecule has 98 valence electrons. The molecule has 0 aliphatic heterocycles. The van der Waals surface area contributed by atoms with Crippen molar-refractivity contribution in [3.63, 3.8) is 0 Å². The van der Waals surface area contributed by atoms with Gasteiger partial charge >= 0.3 is 5.97 Å². The molecule has 0 spiro atoms. The summed E-state index contributed by atoms with van der Waals surface area (Å²) in [6.45, 7) is 3.22. The number of carboxylic acid groups (broad SMARTS) is 1. The van der Waals surface area contributed by atoms with Crippen LogP contribution in [0.3, 0.4) is 0 Å². The number of aliphatic carboxylic acids is 1. The lowest BCUT2D eigenvalue weighted by molar-refractivity contribution is -0.142. The van der Waals surface area contributed by atoms with Crippen molar-refractivity contribution < 1.29 is 19.4 Å². The Balaban J connectivity index is 2.55. The maximum atomic E-state index is 10.9. The molecule has 18 heavy (non-hydrogen) atoms. The van der Waals surface area contributed by atoms with Gasteiger partial charge in [0.1, 0.15) is 12.4 Å². The Morgan fingerprint density at radius 3 is 2.39 bits per heavy atom. The van der Waals surface area contributed by atoms with E-state index in [9.17, 15) is 9.59 Å². The summed E-state index contributed by atoms with van der Waals surface area (Å²) >= 11 is 0. The van der Waals surface area contributed by atoms with Gasteiger partial charge in [-0.15, -0.1) is 0 Å². The van der Waals surface area contributed by atoms with Crippen molar-refractivity contribution >= 4 is 11.9 Å². The molecular weight excluding hydrogens is 234 g/mol. The first-order valence-electron chi connectivity index (χ1n) is 5.74. The summed E-state index contributed by atoms with van der Waals surface area (Å²) in [4.78, 5) is 21.7. The third-order valence-corrected chi connectivity index (χ3v) is 2.42. The molecule has 0 aliphatic rings. The molecule has 0 aromatic heterocycles. The summed E-state index contributed by atoms with van der Waals surface area (Å²) < 4.78 is 5.33. The lowest BCUT2D eigenvalue weighted by atomic mass is 10.2. The highest BCUT2D eigenvalue weighted by Crippen LogP contribution is 2.12. The Morgan fingerprint density at radius 2 is 1.94 bits per heavy atom. The van der Waals surface area contributed by atoms with E-state index in [0.29, 0.717) is 5.75 Å². The van der Waals surface area contributed by atoms with Crippen molar-refractivity contribution in [2.45, 2.75) is 26.3 Å². The number of ether oxygens (including phenoxy) is 1. The van der Waals surface area contributed by atoms with Crippen LogP contribution in [0, 0.1) is 0 Å². The third kappa shape index (κ3) is 4.45. The highest BCUT2D eigenvalue weighted by Gasteiger charge is 2.18. The molecule has 1 aromatic rings. The maximum Gasteiger partial charge on any atom is 0.329 e. The summed E-state index contributed by atoms with van der Waals surface area (Å²) in [5.41, 5.74) is 1.18. The van der Waals surface area contributed by atoms with Crippen LogP contribution in [0.1, 0.15) is 19.4 Å². The molecule has 0 radical (unpaired) electrons. The molecule has 1 amide bonds. The van der Waals surface area contributed by atoms with Gasteiger partial charge < -0.3 is 15.2 Å². The first-order valence-corrected chi connectivity index (χ1v) is 5.74. The van der Waals surface area contributed by atoms with Gasteiger partial charge in [-0.25, -0.2) is 4.79 Å². The molecule has 0 saturated carbocycles. The first kappa shape index (κ1) is 14.0. The van der Waals surface area contributed by atoms with Crippen LogP contribution in [-0.2, 0) is 16.0 Å². The zero-order valence-electron chi connectivity index (χ0n) is 10.5. The molecular formula is C13H17NO4. The Bertz CT molecular complexity index is 414. The van der Waals surface area contributed by atoms with Gasteiger partial charge in [-0.1, -0.05) is 19.1 Å². The van der Waals surface area contributed by atoms with Gasteiger partial charge in [-0.05, 0) is 24.1 Å². The lowest BCUT2D eigenvalue weighted by Crippen LogP contribution is -2.43. The molecule has 1 rings (SSSR count). The second-order valence-electron chi connectivity index (χ2n) is 3.90. The number of rotatable bonds is 6. The van der Waals surface area contributed by atoms with Crippen LogP contribution in [0.25, 0.3) is 0 Å². The van der Waals surface area contributed by atoms with Crippen LogP contribution in [0.2, 0.25) is 0 Å². The van der Waals surface area contributed by atoms with E-state index in [0.717, 1.165) is 6.42 Å². The molecule has 1 atom stereocenters. The Hall–Kier alpha value is -2.04. The van der Waals surface area contributed by atoms with E-state index >= 15 is 0 Å². The standard InChI is InChI=1S/C13H17NO4/c1-3-10-4-6-11(7-5-10)18-8-12(13(16)17)14-9(2)15/h4-7,12H,3,8H2,1-2H3,(H,14,15)(H,16,17). The molecule has 5 nitrogen and oxygen atoms in total. The van der Waals surface area contributed by atoms with Crippen LogP contribution in [0.4, 0.5) is 0 Å². The second kappa shape index (κ2) is 6.64. The van der Waals surface area contributed by atoms with E-state index < -0.39 is 17.9 Å². The Labute approximate surface area is 106 Å². The number of benzene rings is 1. The topological polar surface area (TPSA) is 75.6 Å². The van der Waals surface area contributed by atoms with Gasteiger partial charge in [0.25, 0.3) is 0 Å². The van der Waals surface area contributed by atoms with Gasteiger partial charge in [0.2, 0.25) is 5.91 Å². The largest absolute Gasteiger partial charge is 0.491 e. The van der Waals surface area contributed by atoms with Crippen molar-refractivity contribution in [2.24, 2.45) is 0 Å². The van der Waals surface area contributed by atoms with Crippen LogP contribution in [0.15, 0.2) is 24.3 Å². The Morgan fingerprint density at radius 1 is 1.33 bits per heavy atom. The van der Waals surface area contributed by atoms with Gasteiger partial charge in [0.15, 0.2) is 6.04 Å². The normalized spacial score (nSPS) is 11.7. The first-order chi connectivity index (χ1) is 8.52. The van der Waals surface area contributed by atoms with Crippen molar-refractivity contribution in [3.8, 4) is 5.75 Å². The number of hydrogen-bond acceptors (Lipinski definition) is 3. The molecule has 0 heterocycles. The fourth-order valence-electron chi connectivity index (χ4n) is 1.42. The van der Waals surface area contributed by atoms with E-state index in [1.54, 1.807) is 12.1 Å². The molecule has 5 heteroatoms. The van der Waals surface area contributed by atoms with Gasteiger partial charge in [0.05, 0.1) is 0 Å². The summed E-state index contributed by atoms with van der Waals surface area (Å²) in [6.07, 6.45) is 0.934. The fourth-order valence-corrected chi connectivity index (χ4v) is 1.42. The van der Waals surface area contributed by atoms with E-state index in [1.165, 1.54) is 12.5 Å². The minimum atomic E-state index is -1.12. The van der Waals surface area contributed by atoms with E-state index in [1.807, 2.05) is 19.1 Å². The zero-order chi connectivity index (χ0) is 13.5. The highest BCUT2D eigenvalue weighted by atomic mass is 16.5. The average Bonchev–Trinajstić information content (AvgIpc) is 2.34. The third-order valence-electron chi connectivity index (χ3n) is 2.42. The smallest absolute Gasteiger partial charge is 0.329 e. The van der Waals surface area contributed by atoms with Crippen molar-refractivity contribution in [1.29, 1.82) is 0 Å². The molecule has 0 aliphatic carbocycles. The van der Waals surface area contributed by atoms with Crippen LogP contribution in [-0.4, -0.2) is 29.6 Å². The summed E-state index contributed by atoms with van der Waals surface area (Å²) in [6, 6.07) is 6.37. The quantitative estimate of drug-likeness (QED) is 0.797. The van der Waals surface area contributed by atoms with E-state index in [2.05, 4.69) is 5.32 Å². The van der Waals surface area contributed by atoms with Crippen molar-refractivity contribution in [3.05, 3.63) is 29.8 Å². The van der Waals surface area contributed by atoms with Crippen molar-refractivity contribution in [1.82, 2.24) is 5.32 Å². The minimum absolute atomic E-state index is 0.0968. The summed E-state index contributed by atoms with van der Waals surface area (Å²) in [5.74, 6) is -0.925. The number of carboxylic acids is 1. The SMILES string of the molecule is CCc1ccc(OCC(NC(C)=O)C(=O)O)cc1. The highest BCUT2D eigenvalue weighted by molar-refractivity contribution is 5.82. The molecule has 1 aromatic carbocycles. The maximum absolute atomic E-state index is 10.9. The molecule has 2 N–H and O–H groups in total. The predicted octanol–water partition coefficient (Wildman–Crippen LogP) is 1.22. The lowest BCUT2D eigenvalue weighted by Gasteiger charge is -2.14. The minimum Gasteiger partial charge on any atom is -0.491 e. The molecule has 0 saturated heterocycles. The number of amides is 1. The van der Waals surface area contributed by atoms with E-state index in [-0.39, 0.29) is 6.61 Å². The van der Waals surface area contributed by atoms with Gasteiger partial charge in [-0.3, -0.25) is 4.79 Å². The number of aryl methyl sites for hydroxylation is 1. The van der Waals surface area contributed by atoms with Crippen LogP contribution >= 0.6 is 0 Å². The van der Waals surface area contributed by atoms with Gasteiger partial charge in [-0.2, -0.15) is 0 Å². The average molecular weight is 251 g/mol. The number of carbonyl (C=O) groups is 2. The summed E-state index contributed by atoms with van der Waals surface area (Å²) in [5, 5.41) is 11.2.